The summed E-state index contributed by atoms with van der Waals surface area (Å²) in [6, 6.07) is 1.14. The zero-order valence-corrected chi connectivity index (χ0v) is 13.4. The highest BCUT2D eigenvalue weighted by atomic mass is 19.4. The van der Waals surface area contributed by atoms with E-state index >= 15 is 0 Å². The molecule has 1 aliphatic rings. The van der Waals surface area contributed by atoms with Gasteiger partial charge >= 0.3 is 12.4 Å². The van der Waals surface area contributed by atoms with Crippen LogP contribution in [0.1, 0.15) is 42.9 Å². The number of carbonyl (C=O) groups excluding carboxylic acids is 1. The maximum Gasteiger partial charge on any atom is 0.416 e. The molecule has 0 spiro atoms. The molecule has 2 rings (SSSR count). The van der Waals surface area contributed by atoms with Gasteiger partial charge in [-0.1, -0.05) is 6.92 Å². The first-order valence-corrected chi connectivity index (χ1v) is 7.63. The average Bonchev–Trinajstić information content (AvgIpc) is 2.83. The molecule has 1 amide bonds. The van der Waals surface area contributed by atoms with E-state index in [9.17, 15) is 31.1 Å². The lowest BCUT2D eigenvalue weighted by Crippen LogP contribution is -2.37. The molecule has 1 saturated carbocycles. The monoisotopic (exact) mass is 368 g/mol. The number of hydrogen-bond donors (Lipinski definition) is 2. The van der Waals surface area contributed by atoms with Gasteiger partial charge in [-0.05, 0) is 43.0 Å². The lowest BCUT2D eigenvalue weighted by atomic mass is 9.87. The molecule has 9 heteroatoms. The molecule has 3 nitrogen and oxygen atoms in total. The van der Waals surface area contributed by atoms with Crippen LogP contribution < -0.4 is 11.1 Å². The van der Waals surface area contributed by atoms with Crippen LogP contribution in [0.3, 0.4) is 0 Å². The van der Waals surface area contributed by atoms with Crippen LogP contribution in [-0.4, -0.2) is 11.9 Å². The number of benzene rings is 1. The zero-order chi connectivity index (χ0) is 19.0. The Kier molecular flexibility index (Phi) is 5.09. The number of alkyl halides is 6. The molecule has 2 atom stereocenters. The first kappa shape index (κ1) is 19.6. The van der Waals surface area contributed by atoms with Gasteiger partial charge in [-0.25, -0.2) is 0 Å². The molecular formula is C16H18F6N2O. The maximum absolute atomic E-state index is 12.8. The molecule has 140 valence electrons. The standard InChI is InChI=1S/C16H18F6N2O/c1-14(3-2-12(23)7-14)13(25)24-8-9-4-10(15(17,18)19)6-11(5-9)16(20,21)22/h4-6,12H,2-3,7-8,23H2,1H3,(H,24,25). The van der Waals surface area contributed by atoms with Crippen molar-refractivity contribution in [3.8, 4) is 0 Å². The van der Waals surface area contributed by atoms with Crippen LogP contribution in [-0.2, 0) is 23.7 Å². The molecule has 0 saturated heterocycles. The zero-order valence-electron chi connectivity index (χ0n) is 13.4. The van der Waals surface area contributed by atoms with Gasteiger partial charge in [0.25, 0.3) is 0 Å². The molecule has 3 N–H and O–H groups in total. The van der Waals surface area contributed by atoms with E-state index in [4.69, 9.17) is 5.73 Å². The van der Waals surface area contributed by atoms with Crippen molar-refractivity contribution < 1.29 is 31.1 Å². The van der Waals surface area contributed by atoms with E-state index < -0.39 is 41.3 Å². The number of nitrogens with two attached hydrogens (primary N) is 1. The maximum atomic E-state index is 12.8. The molecular weight excluding hydrogens is 350 g/mol. The minimum Gasteiger partial charge on any atom is -0.352 e. The second kappa shape index (κ2) is 6.51. The summed E-state index contributed by atoms with van der Waals surface area (Å²) >= 11 is 0. The van der Waals surface area contributed by atoms with Gasteiger partial charge in [0.2, 0.25) is 5.91 Å². The summed E-state index contributed by atoms with van der Waals surface area (Å²) in [5.41, 5.74) is 1.94. The van der Waals surface area contributed by atoms with Crippen LogP contribution in [0.25, 0.3) is 0 Å². The summed E-state index contributed by atoms with van der Waals surface area (Å²) in [5, 5.41) is 2.43. The van der Waals surface area contributed by atoms with Crippen molar-refractivity contribution >= 4 is 5.91 Å². The molecule has 0 aliphatic heterocycles. The van der Waals surface area contributed by atoms with Crippen LogP contribution in [0.2, 0.25) is 0 Å². The first-order valence-electron chi connectivity index (χ1n) is 7.63. The predicted octanol–water partition coefficient (Wildman–Crippen LogP) is 3.86. The minimum atomic E-state index is -4.91. The largest absolute Gasteiger partial charge is 0.416 e. The molecule has 1 aromatic carbocycles. The number of rotatable bonds is 3. The Hall–Kier alpha value is -1.77. The van der Waals surface area contributed by atoms with E-state index in [2.05, 4.69) is 5.32 Å². The van der Waals surface area contributed by atoms with Gasteiger partial charge in [0.15, 0.2) is 0 Å². The van der Waals surface area contributed by atoms with Gasteiger partial charge in [-0.3, -0.25) is 4.79 Å². The number of carbonyl (C=O) groups is 1. The molecule has 0 radical (unpaired) electrons. The lowest BCUT2D eigenvalue weighted by molar-refractivity contribution is -0.143. The fourth-order valence-electron chi connectivity index (χ4n) is 3.01. The molecule has 1 aliphatic carbocycles. The Morgan fingerprint density at radius 2 is 1.68 bits per heavy atom. The normalized spacial score (nSPS) is 24.4. The van der Waals surface area contributed by atoms with Gasteiger partial charge in [0.1, 0.15) is 0 Å². The van der Waals surface area contributed by atoms with Crippen LogP contribution in [0, 0.1) is 5.41 Å². The summed E-state index contributed by atoms with van der Waals surface area (Å²) in [6.45, 7) is 1.26. The van der Waals surface area contributed by atoms with E-state index in [-0.39, 0.29) is 17.7 Å². The third-order valence-electron chi connectivity index (χ3n) is 4.43. The molecule has 0 heterocycles. The molecule has 2 unspecified atom stereocenters. The van der Waals surface area contributed by atoms with Crippen molar-refractivity contribution in [2.24, 2.45) is 11.1 Å². The smallest absolute Gasteiger partial charge is 0.352 e. The third kappa shape index (κ3) is 4.65. The number of halogens is 6. The van der Waals surface area contributed by atoms with Gasteiger partial charge < -0.3 is 11.1 Å². The van der Waals surface area contributed by atoms with Crippen molar-refractivity contribution in [1.29, 1.82) is 0 Å². The second-order valence-electron chi connectivity index (χ2n) is 6.66. The summed E-state index contributed by atoms with van der Waals surface area (Å²) < 4.78 is 76.9. The van der Waals surface area contributed by atoms with Gasteiger partial charge in [-0.2, -0.15) is 26.3 Å². The quantitative estimate of drug-likeness (QED) is 0.796. The van der Waals surface area contributed by atoms with Crippen molar-refractivity contribution in [2.75, 3.05) is 0 Å². The van der Waals surface area contributed by atoms with Crippen LogP contribution in [0.5, 0.6) is 0 Å². The van der Waals surface area contributed by atoms with Crippen molar-refractivity contribution in [3.05, 3.63) is 34.9 Å². The highest BCUT2D eigenvalue weighted by molar-refractivity contribution is 5.82. The average molecular weight is 368 g/mol. The Morgan fingerprint density at radius 1 is 1.16 bits per heavy atom. The highest BCUT2D eigenvalue weighted by Gasteiger charge is 2.40. The van der Waals surface area contributed by atoms with E-state index in [1.54, 1.807) is 6.92 Å². The summed E-state index contributed by atoms with van der Waals surface area (Å²) in [7, 11) is 0. The van der Waals surface area contributed by atoms with Gasteiger partial charge in [-0.15, -0.1) is 0 Å². The van der Waals surface area contributed by atoms with Crippen molar-refractivity contribution in [2.45, 2.75) is 51.1 Å². The summed E-state index contributed by atoms with van der Waals surface area (Å²) in [6.07, 6.45) is -8.23. The Balaban J connectivity index is 2.20. The van der Waals surface area contributed by atoms with Gasteiger partial charge in [0.05, 0.1) is 11.1 Å². The molecule has 0 bridgehead atoms. The van der Waals surface area contributed by atoms with E-state index in [1.165, 1.54) is 0 Å². The Morgan fingerprint density at radius 3 is 2.08 bits per heavy atom. The summed E-state index contributed by atoms with van der Waals surface area (Å²) in [4.78, 5) is 12.2. The van der Waals surface area contributed by atoms with E-state index in [0.717, 1.165) is 0 Å². The van der Waals surface area contributed by atoms with Gasteiger partial charge in [0, 0.05) is 18.0 Å². The fraction of sp³-hybridized carbons (Fsp3) is 0.562. The third-order valence-corrected chi connectivity index (χ3v) is 4.43. The summed E-state index contributed by atoms with van der Waals surface area (Å²) in [5.74, 6) is -0.425. The van der Waals surface area contributed by atoms with E-state index in [1.807, 2.05) is 0 Å². The van der Waals surface area contributed by atoms with Crippen molar-refractivity contribution in [3.63, 3.8) is 0 Å². The van der Waals surface area contributed by atoms with Crippen molar-refractivity contribution in [1.82, 2.24) is 5.32 Å². The number of amides is 1. The molecule has 1 fully saturated rings. The minimum absolute atomic E-state index is 0.0582. The Labute approximate surface area is 140 Å². The van der Waals surface area contributed by atoms with Crippen LogP contribution in [0.15, 0.2) is 18.2 Å². The first-order chi connectivity index (χ1) is 11.3. The molecule has 1 aromatic rings. The Bertz CT molecular complexity index is 623. The molecule has 25 heavy (non-hydrogen) atoms. The molecule has 0 aromatic heterocycles. The fourth-order valence-corrected chi connectivity index (χ4v) is 3.01. The topological polar surface area (TPSA) is 55.1 Å². The van der Waals surface area contributed by atoms with Crippen LogP contribution >= 0.6 is 0 Å². The number of hydrogen-bond acceptors (Lipinski definition) is 2. The predicted molar refractivity (Wildman–Crippen MR) is 78.2 cm³/mol. The lowest BCUT2D eigenvalue weighted by Gasteiger charge is -2.23. The van der Waals surface area contributed by atoms with Crippen LogP contribution in [0.4, 0.5) is 26.3 Å². The SMILES string of the molecule is CC1(C(=O)NCc2cc(C(F)(F)F)cc(C(F)(F)F)c2)CCC(N)C1. The highest BCUT2D eigenvalue weighted by Crippen LogP contribution is 2.38. The second-order valence-corrected chi connectivity index (χ2v) is 6.66. The number of nitrogens with one attached hydrogen (secondary N) is 1. The van der Waals surface area contributed by atoms with E-state index in [0.29, 0.717) is 31.4 Å².